The zero-order chi connectivity index (χ0) is 19.5. The van der Waals surface area contributed by atoms with Crippen LogP contribution < -0.4 is 4.74 Å². The number of carbonyl (C=O) groups is 1. The van der Waals surface area contributed by atoms with Gasteiger partial charge in [0.15, 0.2) is 5.82 Å². The number of aryl methyl sites for hydroxylation is 1. The minimum atomic E-state index is -0.786. The van der Waals surface area contributed by atoms with E-state index in [4.69, 9.17) is 9.84 Å². The second-order valence-corrected chi connectivity index (χ2v) is 6.43. The van der Waals surface area contributed by atoms with Gasteiger partial charge in [0.25, 0.3) is 0 Å². The summed E-state index contributed by atoms with van der Waals surface area (Å²) >= 11 is 0. The number of aromatic nitrogens is 3. The summed E-state index contributed by atoms with van der Waals surface area (Å²) in [6, 6.07) is 19.7. The maximum absolute atomic E-state index is 10.7. The normalized spacial score (nSPS) is 10.9. The average molecular weight is 373 g/mol. The zero-order valence-corrected chi connectivity index (χ0v) is 15.4. The van der Waals surface area contributed by atoms with E-state index in [2.05, 4.69) is 16.1 Å². The summed E-state index contributed by atoms with van der Waals surface area (Å²) in [5, 5.41) is 14.3. The molecular formula is C22H19N3O3. The SMILES string of the molecule is COc1nn(-c2ccccn2)c2cc(-c3ccc(CCC(=O)O)cc3)ccc12. The van der Waals surface area contributed by atoms with Gasteiger partial charge in [-0.3, -0.25) is 4.79 Å². The molecule has 6 nitrogen and oxygen atoms in total. The molecule has 0 amide bonds. The molecule has 0 aliphatic carbocycles. The smallest absolute Gasteiger partial charge is 0.303 e. The Kier molecular flexibility index (Phi) is 4.76. The number of carboxylic acid groups (broad SMARTS) is 1. The Bertz CT molecular complexity index is 1120. The lowest BCUT2D eigenvalue weighted by molar-refractivity contribution is -0.136. The van der Waals surface area contributed by atoms with E-state index in [1.807, 2.05) is 54.6 Å². The first-order valence-electron chi connectivity index (χ1n) is 8.95. The van der Waals surface area contributed by atoms with Gasteiger partial charge in [0, 0.05) is 12.6 Å². The standard InChI is InChI=1S/C22H19N3O3/c1-28-22-18-11-10-17(16-8-5-15(6-9-16)7-12-21(26)27)14-19(18)25(24-22)20-4-2-3-13-23-20/h2-6,8-11,13-14H,7,12H2,1H3,(H,26,27). The number of aliphatic carboxylic acids is 1. The number of pyridine rings is 1. The first-order valence-corrected chi connectivity index (χ1v) is 8.95. The molecule has 0 spiro atoms. The third-order valence-electron chi connectivity index (χ3n) is 4.62. The number of benzene rings is 2. The largest absolute Gasteiger partial charge is 0.481 e. The van der Waals surface area contributed by atoms with Crippen LogP contribution in [0, 0.1) is 0 Å². The first-order chi connectivity index (χ1) is 13.7. The Morgan fingerprint density at radius 3 is 2.54 bits per heavy atom. The molecule has 2 aromatic heterocycles. The number of ether oxygens (including phenoxy) is 1. The zero-order valence-electron chi connectivity index (χ0n) is 15.4. The molecule has 0 bridgehead atoms. The van der Waals surface area contributed by atoms with E-state index in [0.717, 1.165) is 33.4 Å². The predicted molar refractivity (Wildman–Crippen MR) is 107 cm³/mol. The highest BCUT2D eigenvalue weighted by Crippen LogP contribution is 2.31. The molecule has 2 heterocycles. The van der Waals surface area contributed by atoms with Gasteiger partial charge in [-0.25, -0.2) is 9.67 Å². The molecule has 0 unspecified atom stereocenters. The Labute approximate surface area is 162 Å². The molecule has 0 saturated heterocycles. The first kappa shape index (κ1) is 17.7. The molecule has 0 fully saturated rings. The van der Waals surface area contributed by atoms with Crippen molar-refractivity contribution in [2.45, 2.75) is 12.8 Å². The number of fused-ring (bicyclic) bond motifs is 1. The summed E-state index contributed by atoms with van der Waals surface area (Å²) in [4.78, 5) is 15.1. The number of methoxy groups -OCH3 is 1. The summed E-state index contributed by atoms with van der Waals surface area (Å²) in [6.07, 6.45) is 2.39. The van der Waals surface area contributed by atoms with Crippen molar-refractivity contribution in [1.29, 1.82) is 0 Å². The quantitative estimate of drug-likeness (QED) is 0.550. The highest BCUT2D eigenvalue weighted by molar-refractivity contribution is 5.89. The average Bonchev–Trinajstić information content (AvgIpc) is 3.11. The minimum Gasteiger partial charge on any atom is -0.481 e. The van der Waals surface area contributed by atoms with Gasteiger partial charge in [-0.1, -0.05) is 36.4 Å². The highest BCUT2D eigenvalue weighted by atomic mass is 16.5. The Morgan fingerprint density at radius 1 is 1.07 bits per heavy atom. The van der Waals surface area contributed by atoms with Gasteiger partial charge in [0.05, 0.1) is 18.0 Å². The van der Waals surface area contributed by atoms with Gasteiger partial charge in [0.2, 0.25) is 5.88 Å². The molecule has 0 aliphatic heterocycles. The third-order valence-corrected chi connectivity index (χ3v) is 4.62. The highest BCUT2D eigenvalue weighted by Gasteiger charge is 2.14. The van der Waals surface area contributed by atoms with Crippen LogP contribution in [0.2, 0.25) is 0 Å². The molecule has 0 radical (unpaired) electrons. The maximum Gasteiger partial charge on any atom is 0.303 e. The van der Waals surface area contributed by atoms with Crippen LogP contribution in [0.1, 0.15) is 12.0 Å². The Morgan fingerprint density at radius 2 is 1.86 bits per heavy atom. The summed E-state index contributed by atoms with van der Waals surface area (Å²) in [7, 11) is 1.61. The van der Waals surface area contributed by atoms with Gasteiger partial charge in [-0.05, 0) is 47.4 Å². The molecular weight excluding hydrogens is 354 g/mol. The monoisotopic (exact) mass is 373 g/mol. The second-order valence-electron chi connectivity index (χ2n) is 6.43. The van der Waals surface area contributed by atoms with Crippen LogP contribution in [-0.4, -0.2) is 33.0 Å². The molecule has 140 valence electrons. The fourth-order valence-electron chi connectivity index (χ4n) is 3.19. The Balaban J connectivity index is 1.74. The summed E-state index contributed by atoms with van der Waals surface area (Å²) in [5.74, 6) is 0.486. The fourth-order valence-corrected chi connectivity index (χ4v) is 3.19. The van der Waals surface area contributed by atoms with Crippen LogP contribution in [0.5, 0.6) is 5.88 Å². The van der Waals surface area contributed by atoms with Gasteiger partial charge >= 0.3 is 5.97 Å². The van der Waals surface area contributed by atoms with E-state index in [0.29, 0.717) is 12.3 Å². The lowest BCUT2D eigenvalue weighted by Crippen LogP contribution is -1.99. The van der Waals surface area contributed by atoms with Crippen LogP contribution in [0.25, 0.3) is 27.8 Å². The molecule has 6 heteroatoms. The number of carboxylic acids is 1. The van der Waals surface area contributed by atoms with Gasteiger partial charge < -0.3 is 9.84 Å². The molecule has 4 rings (SSSR count). The van der Waals surface area contributed by atoms with Crippen LogP contribution in [0.15, 0.2) is 66.9 Å². The van der Waals surface area contributed by atoms with Crippen molar-refractivity contribution in [2.75, 3.05) is 7.11 Å². The van der Waals surface area contributed by atoms with E-state index in [9.17, 15) is 4.79 Å². The molecule has 0 saturated carbocycles. The number of rotatable bonds is 6. The lowest BCUT2D eigenvalue weighted by atomic mass is 10.0. The maximum atomic E-state index is 10.7. The third kappa shape index (κ3) is 3.44. The van der Waals surface area contributed by atoms with Crippen LogP contribution >= 0.6 is 0 Å². The molecule has 0 aliphatic rings. The van der Waals surface area contributed by atoms with Gasteiger partial charge in [-0.15, -0.1) is 5.10 Å². The van der Waals surface area contributed by atoms with E-state index in [-0.39, 0.29) is 6.42 Å². The fraction of sp³-hybridized carbons (Fsp3) is 0.136. The van der Waals surface area contributed by atoms with Gasteiger partial charge in [-0.2, -0.15) is 0 Å². The lowest BCUT2D eigenvalue weighted by Gasteiger charge is -2.06. The number of nitrogens with zero attached hydrogens (tertiary/aromatic N) is 3. The van der Waals surface area contributed by atoms with Crippen molar-refractivity contribution < 1.29 is 14.6 Å². The molecule has 0 atom stereocenters. The van der Waals surface area contributed by atoms with E-state index in [1.165, 1.54) is 0 Å². The van der Waals surface area contributed by atoms with Crippen molar-refractivity contribution in [3.05, 3.63) is 72.4 Å². The van der Waals surface area contributed by atoms with Crippen molar-refractivity contribution in [3.8, 4) is 22.8 Å². The van der Waals surface area contributed by atoms with Crippen LogP contribution in [0.3, 0.4) is 0 Å². The van der Waals surface area contributed by atoms with Crippen molar-refractivity contribution in [3.63, 3.8) is 0 Å². The van der Waals surface area contributed by atoms with E-state index < -0.39 is 5.97 Å². The minimum absolute atomic E-state index is 0.133. The number of hydrogen-bond donors (Lipinski definition) is 1. The number of hydrogen-bond acceptors (Lipinski definition) is 4. The molecule has 1 N–H and O–H groups in total. The van der Waals surface area contributed by atoms with Crippen molar-refractivity contribution >= 4 is 16.9 Å². The Hall–Kier alpha value is -3.67. The van der Waals surface area contributed by atoms with Crippen molar-refractivity contribution in [1.82, 2.24) is 14.8 Å². The summed E-state index contributed by atoms with van der Waals surface area (Å²) < 4.78 is 7.21. The van der Waals surface area contributed by atoms with Crippen LogP contribution in [-0.2, 0) is 11.2 Å². The van der Waals surface area contributed by atoms with E-state index >= 15 is 0 Å². The predicted octanol–water partition coefficient (Wildman–Crippen LogP) is 4.11. The van der Waals surface area contributed by atoms with Crippen molar-refractivity contribution in [2.24, 2.45) is 0 Å². The molecule has 2 aromatic carbocycles. The summed E-state index contributed by atoms with van der Waals surface area (Å²) in [6.45, 7) is 0. The summed E-state index contributed by atoms with van der Waals surface area (Å²) in [5.41, 5.74) is 4.00. The molecule has 28 heavy (non-hydrogen) atoms. The van der Waals surface area contributed by atoms with Gasteiger partial charge in [0.1, 0.15) is 0 Å². The topological polar surface area (TPSA) is 77.2 Å². The van der Waals surface area contributed by atoms with E-state index in [1.54, 1.807) is 18.0 Å². The second kappa shape index (κ2) is 7.52. The molecule has 4 aromatic rings. The van der Waals surface area contributed by atoms with Crippen LogP contribution in [0.4, 0.5) is 0 Å².